The van der Waals surface area contributed by atoms with Gasteiger partial charge in [0.05, 0.1) is 11.3 Å². The molecule has 28 heavy (non-hydrogen) atoms. The quantitative estimate of drug-likeness (QED) is 0.541. The number of hydrogen-bond donors (Lipinski definition) is 0. The number of thioether (sulfide) groups is 1. The number of carbonyl (C=O) groups is 1. The normalized spacial score (nSPS) is 22.9. The lowest BCUT2D eigenvalue weighted by Gasteiger charge is -2.41. The van der Waals surface area contributed by atoms with Gasteiger partial charge in [0.25, 0.3) is 0 Å². The summed E-state index contributed by atoms with van der Waals surface area (Å²) in [6, 6.07) is 6.60. The lowest BCUT2D eigenvalue weighted by molar-refractivity contribution is -0.145. The number of para-hydroxylation sites is 1. The molecule has 4 nitrogen and oxygen atoms in total. The molecule has 2 fully saturated rings. The van der Waals surface area contributed by atoms with Gasteiger partial charge in [0.2, 0.25) is 11.7 Å². The number of nitrogens with zero attached hydrogens (tertiary/aromatic N) is 3. The second kappa shape index (κ2) is 7.89. The second-order valence-corrected chi connectivity index (χ2v) is 8.55. The summed E-state index contributed by atoms with van der Waals surface area (Å²) in [5, 5.41) is 0.748. The van der Waals surface area contributed by atoms with E-state index in [0.717, 1.165) is 37.2 Å². The number of alkyl halides is 3. The molecule has 2 aromatic rings. The van der Waals surface area contributed by atoms with E-state index in [4.69, 9.17) is 0 Å². The SMILES string of the molecule is O=C(CSc1nc(C(F)(F)F)nc2ccccc12)N1CC[C@@H]2CCCC[C@@H]2C1. The molecule has 2 heterocycles. The van der Waals surface area contributed by atoms with Crippen molar-refractivity contribution in [3.05, 3.63) is 30.1 Å². The highest BCUT2D eigenvalue weighted by Gasteiger charge is 2.36. The molecule has 1 aliphatic heterocycles. The van der Waals surface area contributed by atoms with Gasteiger partial charge in [-0.25, -0.2) is 9.97 Å². The highest BCUT2D eigenvalue weighted by molar-refractivity contribution is 8.00. The van der Waals surface area contributed by atoms with Crippen LogP contribution in [0.3, 0.4) is 0 Å². The van der Waals surface area contributed by atoms with Crippen LogP contribution in [0, 0.1) is 11.8 Å². The Bertz CT molecular complexity index is 873. The minimum absolute atomic E-state index is 0.0229. The van der Waals surface area contributed by atoms with E-state index in [1.807, 2.05) is 4.90 Å². The standard InChI is InChI=1S/C20H22F3N3OS/c21-20(22,23)19-24-16-8-4-3-7-15(16)18(25-19)28-12-17(27)26-10-9-13-5-1-2-6-14(13)11-26/h3-4,7-8,13-14H,1-2,5-6,9-12H2/t13-,14+/m0/s1. The fourth-order valence-corrected chi connectivity index (χ4v) is 5.25. The Morgan fingerprint density at radius 1 is 1.11 bits per heavy atom. The van der Waals surface area contributed by atoms with Crippen molar-refractivity contribution in [3.63, 3.8) is 0 Å². The van der Waals surface area contributed by atoms with Crippen molar-refractivity contribution < 1.29 is 18.0 Å². The number of fused-ring (bicyclic) bond motifs is 2. The average Bonchev–Trinajstić information content (AvgIpc) is 2.70. The lowest BCUT2D eigenvalue weighted by Crippen LogP contribution is -2.45. The number of piperidine rings is 1. The van der Waals surface area contributed by atoms with Crippen molar-refractivity contribution in [1.82, 2.24) is 14.9 Å². The maximum Gasteiger partial charge on any atom is 0.451 e. The van der Waals surface area contributed by atoms with E-state index in [9.17, 15) is 18.0 Å². The molecule has 1 aliphatic carbocycles. The molecular weight excluding hydrogens is 387 g/mol. The van der Waals surface area contributed by atoms with E-state index in [2.05, 4.69) is 9.97 Å². The molecule has 0 N–H and O–H groups in total. The van der Waals surface area contributed by atoms with Crippen LogP contribution in [0.15, 0.2) is 29.3 Å². The van der Waals surface area contributed by atoms with Crippen LogP contribution in [-0.4, -0.2) is 39.6 Å². The Hall–Kier alpha value is -1.83. The third-order valence-electron chi connectivity index (χ3n) is 5.80. The van der Waals surface area contributed by atoms with Gasteiger partial charge in [-0.1, -0.05) is 49.2 Å². The van der Waals surface area contributed by atoms with E-state index in [1.165, 1.54) is 31.7 Å². The molecule has 1 saturated carbocycles. The fourth-order valence-electron chi connectivity index (χ4n) is 4.33. The largest absolute Gasteiger partial charge is 0.451 e. The molecule has 1 aromatic carbocycles. The summed E-state index contributed by atoms with van der Waals surface area (Å²) in [7, 11) is 0. The molecule has 2 atom stereocenters. The molecule has 0 bridgehead atoms. The Balaban J connectivity index is 1.48. The first-order valence-electron chi connectivity index (χ1n) is 9.66. The smallest absolute Gasteiger partial charge is 0.342 e. The van der Waals surface area contributed by atoms with Gasteiger partial charge in [-0.05, 0) is 30.7 Å². The van der Waals surface area contributed by atoms with Gasteiger partial charge in [-0.3, -0.25) is 4.79 Å². The number of rotatable bonds is 3. The van der Waals surface area contributed by atoms with E-state index in [1.54, 1.807) is 18.2 Å². The van der Waals surface area contributed by atoms with Gasteiger partial charge in [0, 0.05) is 18.5 Å². The van der Waals surface area contributed by atoms with Crippen molar-refractivity contribution in [2.45, 2.75) is 43.3 Å². The lowest BCUT2D eigenvalue weighted by atomic mass is 9.75. The predicted molar refractivity (Wildman–Crippen MR) is 102 cm³/mol. The first-order valence-corrected chi connectivity index (χ1v) is 10.6. The number of carbonyl (C=O) groups excluding carboxylic acids is 1. The summed E-state index contributed by atoms with van der Waals surface area (Å²) in [4.78, 5) is 21.9. The zero-order valence-corrected chi connectivity index (χ0v) is 16.2. The average molecular weight is 409 g/mol. The van der Waals surface area contributed by atoms with Crippen LogP contribution < -0.4 is 0 Å². The first-order chi connectivity index (χ1) is 13.4. The Kier molecular flexibility index (Phi) is 5.49. The van der Waals surface area contributed by atoms with Crippen LogP contribution in [-0.2, 0) is 11.0 Å². The molecule has 2 aliphatic rings. The summed E-state index contributed by atoms with van der Waals surface area (Å²) < 4.78 is 39.4. The molecule has 0 spiro atoms. The number of halogens is 3. The molecule has 150 valence electrons. The van der Waals surface area contributed by atoms with Gasteiger partial charge in [0.1, 0.15) is 5.03 Å². The Morgan fingerprint density at radius 3 is 2.64 bits per heavy atom. The van der Waals surface area contributed by atoms with E-state index in [0.29, 0.717) is 11.3 Å². The molecule has 4 rings (SSSR count). The summed E-state index contributed by atoms with van der Waals surface area (Å²) in [5.41, 5.74) is 0.239. The molecule has 1 saturated heterocycles. The Labute approximate surface area is 165 Å². The number of likely N-dealkylation sites (tertiary alicyclic amines) is 1. The summed E-state index contributed by atoms with van der Waals surface area (Å²) in [6.45, 7) is 1.53. The van der Waals surface area contributed by atoms with Gasteiger partial charge in [0.15, 0.2) is 0 Å². The predicted octanol–water partition coefficient (Wildman–Crippen LogP) is 4.78. The highest BCUT2D eigenvalue weighted by atomic mass is 32.2. The van der Waals surface area contributed by atoms with Crippen molar-refractivity contribution in [1.29, 1.82) is 0 Å². The van der Waals surface area contributed by atoms with E-state index in [-0.39, 0.29) is 22.2 Å². The monoisotopic (exact) mass is 409 g/mol. The van der Waals surface area contributed by atoms with Crippen LogP contribution in [0.2, 0.25) is 0 Å². The summed E-state index contributed by atoms with van der Waals surface area (Å²) in [5.74, 6) is 0.212. The number of hydrogen-bond acceptors (Lipinski definition) is 4. The molecule has 1 aromatic heterocycles. The number of aromatic nitrogens is 2. The highest BCUT2D eigenvalue weighted by Crippen LogP contribution is 2.37. The molecule has 8 heteroatoms. The van der Waals surface area contributed by atoms with Crippen molar-refractivity contribution in [2.75, 3.05) is 18.8 Å². The van der Waals surface area contributed by atoms with Crippen molar-refractivity contribution in [3.8, 4) is 0 Å². The number of amides is 1. The molecule has 1 amide bonds. The van der Waals surface area contributed by atoms with Crippen LogP contribution in [0.1, 0.15) is 37.9 Å². The van der Waals surface area contributed by atoms with E-state index < -0.39 is 12.0 Å². The fraction of sp³-hybridized carbons (Fsp3) is 0.550. The van der Waals surface area contributed by atoms with Gasteiger partial charge >= 0.3 is 6.18 Å². The van der Waals surface area contributed by atoms with Crippen molar-refractivity contribution in [2.24, 2.45) is 11.8 Å². The summed E-state index contributed by atoms with van der Waals surface area (Å²) >= 11 is 1.07. The number of benzene rings is 1. The maximum atomic E-state index is 13.1. The zero-order valence-electron chi connectivity index (χ0n) is 15.4. The first kappa shape index (κ1) is 19.5. The van der Waals surface area contributed by atoms with Gasteiger partial charge < -0.3 is 4.90 Å². The third-order valence-corrected chi connectivity index (χ3v) is 6.77. The van der Waals surface area contributed by atoms with Gasteiger partial charge in [-0.15, -0.1) is 0 Å². The molecule has 0 radical (unpaired) electrons. The van der Waals surface area contributed by atoms with Crippen molar-refractivity contribution >= 4 is 28.6 Å². The third kappa shape index (κ3) is 4.11. The minimum atomic E-state index is -4.62. The summed E-state index contributed by atoms with van der Waals surface area (Å²) in [6.07, 6.45) is 1.36. The second-order valence-electron chi connectivity index (χ2n) is 7.59. The topological polar surface area (TPSA) is 46.1 Å². The van der Waals surface area contributed by atoms with Gasteiger partial charge in [-0.2, -0.15) is 13.2 Å². The van der Waals surface area contributed by atoms with E-state index >= 15 is 0 Å². The molecule has 0 unspecified atom stereocenters. The Morgan fingerprint density at radius 2 is 1.86 bits per heavy atom. The zero-order chi connectivity index (χ0) is 19.7. The van der Waals surface area contributed by atoms with Crippen LogP contribution in [0.25, 0.3) is 10.9 Å². The van der Waals surface area contributed by atoms with Crippen LogP contribution >= 0.6 is 11.8 Å². The van der Waals surface area contributed by atoms with Crippen LogP contribution in [0.5, 0.6) is 0 Å². The molecular formula is C20H22F3N3OS. The van der Waals surface area contributed by atoms with Crippen LogP contribution in [0.4, 0.5) is 13.2 Å². The minimum Gasteiger partial charge on any atom is -0.342 e. The maximum absolute atomic E-state index is 13.1.